The van der Waals surface area contributed by atoms with Crippen molar-refractivity contribution in [2.24, 2.45) is 5.92 Å². The molecule has 2 aliphatic rings. The average molecular weight is 569 g/mol. The molecule has 2 atom stereocenters. The van der Waals surface area contributed by atoms with E-state index >= 15 is 0 Å². The highest BCUT2D eigenvalue weighted by molar-refractivity contribution is 5.93. The summed E-state index contributed by atoms with van der Waals surface area (Å²) in [6, 6.07) is 6.98. The van der Waals surface area contributed by atoms with Crippen LogP contribution >= 0.6 is 0 Å². The van der Waals surface area contributed by atoms with Crippen molar-refractivity contribution >= 4 is 23.6 Å². The van der Waals surface area contributed by atoms with Crippen LogP contribution in [-0.4, -0.2) is 84.0 Å². The van der Waals surface area contributed by atoms with Crippen molar-refractivity contribution in [2.45, 2.75) is 59.2 Å². The van der Waals surface area contributed by atoms with Crippen molar-refractivity contribution in [1.29, 1.82) is 0 Å². The molecule has 2 aromatic rings. The number of nitrogens with one attached hydrogen (secondary N) is 3. The van der Waals surface area contributed by atoms with E-state index in [1.54, 1.807) is 24.3 Å². The van der Waals surface area contributed by atoms with Gasteiger partial charge in [-0.15, -0.1) is 0 Å². The van der Waals surface area contributed by atoms with Gasteiger partial charge in [0.15, 0.2) is 6.61 Å². The summed E-state index contributed by atoms with van der Waals surface area (Å²) in [7, 11) is 1.50. The lowest BCUT2D eigenvalue weighted by Crippen LogP contribution is -2.55. The van der Waals surface area contributed by atoms with Crippen molar-refractivity contribution in [2.75, 3.05) is 33.4 Å². The van der Waals surface area contributed by atoms with Crippen LogP contribution in [0.4, 0.5) is 0 Å². The van der Waals surface area contributed by atoms with E-state index in [9.17, 15) is 19.2 Å². The fourth-order valence-corrected chi connectivity index (χ4v) is 4.51. The largest absolute Gasteiger partial charge is 0.484 e. The van der Waals surface area contributed by atoms with Crippen molar-refractivity contribution in [3.05, 3.63) is 53.1 Å². The molecule has 0 spiro atoms. The van der Waals surface area contributed by atoms with Gasteiger partial charge < -0.3 is 30.3 Å². The fourth-order valence-electron chi connectivity index (χ4n) is 4.51. The van der Waals surface area contributed by atoms with Crippen LogP contribution in [0.1, 0.15) is 43.0 Å². The summed E-state index contributed by atoms with van der Waals surface area (Å²) in [6.07, 6.45) is 0.559. The first-order chi connectivity index (χ1) is 19.5. The molecule has 222 valence electrons. The lowest BCUT2D eigenvalue weighted by Gasteiger charge is -2.29. The second-order valence-corrected chi connectivity index (χ2v) is 10.5. The Kier molecular flexibility index (Phi) is 11.6. The Labute approximate surface area is 240 Å². The minimum atomic E-state index is -0.932. The fraction of sp³-hybridized carbons (Fsp3) is 0.517. The number of aromatic nitrogens is 2. The maximum Gasteiger partial charge on any atom is 0.258 e. The number of fused-ring (bicyclic) bond motifs is 13. The van der Waals surface area contributed by atoms with Crippen LogP contribution in [0, 0.1) is 19.8 Å². The maximum absolute atomic E-state index is 13.5. The van der Waals surface area contributed by atoms with Crippen LogP contribution in [0.5, 0.6) is 5.75 Å². The van der Waals surface area contributed by atoms with Crippen molar-refractivity contribution < 1.29 is 28.7 Å². The number of aryl methyl sites for hydroxylation is 2. The van der Waals surface area contributed by atoms with Gasteiger partial charge in [-0.1, -0.05) is 26.0 Å². The van der Waals surface area contributed by atoms with Gasteiger partial charge in [-0.3, -0.25) is 19.2 Å². The highest BCUT2D eigenvalue weighted by atomic mass is 16.5. The van der Waals surface area contributed by atoms with Crippen LogP contribution in [0.25, 0.3) is 0 Å². The number of methoxy groups -OCH3 is 1. The summed E-state index contributed by atoms with van der Waals surface area (Å²) < 4.78 is 10.8. The minimum absolute atomic E-state index is 0.0928. The lowest BCUT2D eigenvalue weighted by molar-refractivity contribution is -0.141. The van der Waals surface area contributed by atoms with Gasteiger partial charge >= 0.3 is 0 Å². The Morgan fingerprint density at radius 1 is 1.10 bits per heavy atom. The van der Waals surface area contributed by atoms with Gasteiger partial charge in [-0.2, -0.15) is 0 Å². The van der Waals surface area contributed by atoms with Gasteiger partial charge in [0.1, 0.15) is 23.7 Å². The van der Waals surface area contributed by atoms with Gasteiger partial charge in [0.25, 0.3) is 5.91 Å². The number of rotatable bonds is 8. The number of benzene rings is 1. The Bertz CT molecular complexity index is 1200. The second kappa shape index (κ2) is 15.1. The van der Waals surface area contributed by atoms with Crippen molar-refractivity contribution in [1.82, 2.24) is 30.8 Å². The number of ether oxygens (including phenoxy) is 2. The third-order valence-electron chi connectivity index (χ3n) is 6.39. The first kappa shape index (κ1) is 31.5. The van der Waals surface area contributed by atoms with Crippen molar-refractivity contribution in [3.8, 4) is 5.75 Å². The number of hydrogen-bond donors (Lipinski definition) is 3. The van der Waals surface area contributed by atoms with Gasteiger partial charge in [-0.25, -0.2) is 9.97 Å². The molecule has 0 fully saturated rings. The third kappa shape index (κ3) is 10.1. The summed E-state index contributed by atoms with van der Waals surface area (Å²) >= 11 is 0. The predicted octanol–water partition coefficient (Wildman–Crippen LogP) is 0.835. The molecule has 4 rings (SSSR count). The molecular weight excluding hydrogens is 528 g/mol. The van der Waals surface area contributed by atoms with E-state index in [0.717, 1.165) is 17.0 Å². The first-order valence-electron chi connectivity index (χ1n) is 13.7. The average Bonchev–Trinajstić information content (AvgIpc) is 2.91. The summed E-state index contributed by atoms with van der Waals surface area (Å²) in [5.74, 6) is -0.770. The molecule has 1 aromatic heterocycles. The van der Waals surface area contributed by atoms with Gasteiger partial charge in [0.05, 0.1) is 19.7 Å². The first-order valence-corrected chi connectivity index (χ1v) is 13.7. The quantitative estimate of drug-likeness (QED) is 0.396. The van der Waals surface area contributed by atoms with E-state index in [2.05, 4.69) is 25.9 Å². The molecule has 0 aliphatic carbocycles. The highest BCUT2D eigenvalue weighted by Crippen LogP contribution is 2.15. The number of carbonyl (C=O) groups is 4. The Balaban J connectivity index is 1.87. The lowest BCUT2D eigenvalue weighted by atomic mass is 10.0. The van der Waals surface area contributed by atoms with Gasteiger partial charge in [0, 0.05) is 31.5 Å². The Morgan fingerprint density at radius 2 is 1.78 bits per heavy atom. The molecule has 2 aliphatic heterocycles. The summed E-state index contributed by atoms with van der Waals surface area (Å²) in [5.41, 5.74) is 2.34. The minimum Gasteiger partial charge on any atom is -0.484 e. The topological polar surface area (TPSA) is 152 Å². The number of amides is 4. The van der Waals surface area contributed by atoms with Crippen LogP contribution in [0.2, 0.25) is 0 Å². The number of hydrogen-bond acceptors (Lipinski definition) is 8. The molecule has 12 nitrogen and oxygen atoms in total. The van der Waals surface area contributed by atoms with E-state index in [-0.39, 0.29) is 45.2 Å². The molecule has 1 aromatic carbocycles. The van der Waals surface area contributed by atoms with Crippen LogP contribution in [-0.2, 0) is 36.9 Å². The smallest absolute Gasteiger partial charge is 0.258 e. The number of carbonyl (C=O) groups excluding carboxylic acids is 4. The van der Waals surface area contributed by atoms with E-state index in [1.165, 1.54) is 12.0 Å². The third-order valence-corrected chi connectivity index (χ3v) is 6.39. The summed E-state index contributed by atoms with van der Waals surface area (Å²) in [4.78, 5) is 62.8. The Hall–Kier alpha value is -4.06. The zero-order valence-electron chi connectivity index (χ0n) is 24.4. The number of nitrogens with zero attached hydrogens (tertiary/aromatic N) is 3. The van der Waals surface area contributed by atoms with E-state index < -0.39 is 35.7 Å². The normalized spacial score (nSPS) is 18.6. The molecule has 0 saturated heterocycles. The Morgan fingerprint density at radius 3 is 2.41 bits per heavy atom. The van der Waals surface area contributed by atoms with E-state index in [0.29, 0.717) is 18.0 Å². The molecule has 0 radical (unpaired) electrons. The molecule has 3 N–H and O–H groups in total. The van der Waals surface area contributed by atoms with E-state index in [1.807, 2.05) is 33.8 Å². The monoisotopic (exact) mass is 568 g/mol. The molecule has 41 heavy (non-hydrogen) atoms. The summed E-state index contributed by atoms with van der Waals surface area (Å²) in [6.45, 7) is 7.41. The predicted molar refractivity (Wildman–Crippen MR) is 151 cm³/mol. The summed E-state index contributed by atoms with van der Waals surface area (Å²) in [5, 5.41) is 8.37. The highest BCUT2D eigenvalue weighted by Gasteiger charge is 2.30. The zero-order valence-corrected chi connectivity index (χ0v) is 24.4. The SMILES string of the molecule is COCCN1CC(=O)N[C@H](C(=O)NCc2nc(C)cc(C)n2)Cc2ccc(cc2)OCC(=O)N[C@@H](CC(C)C)C1=O. The molecular formula is C29H40N6O6. The molecule has 3 heterocycles. The molecule has 4 amide bonds. The van der Waals surface area contributed by atoms with Crippen LogP contribution in [0.15, 0.2) is 30.3 Å². The van der Waals surface area contributed by atoms with Crippen molar-refractivity contribution in [3.63, 3.8) is 0 Å². The standard InChI is InChI=1S/C29H40N6O6/c1-18(2)12-24-29(39)35(10-11-40-5)16-26(36)33-23(28(38)30-15-25-31-19(3)13-20(4)32-25)14-21-6-8-22(9-7-21)41-17-27(37)34-24/h6-9,13,18,23-24H,10-12,14-17H2,1-5H3,(H,30,38)(H,33,36)(H,34,37)/t23-,24-/m0/s1. The van der Waals surface area contributed by atoms with Gasteiger partial charge in [-0.05, 0) is 49.9 Å². The molecule has 2 bridgehead atoms. The second-order valence-electron chi connectivity index (χ2n) is 10.5. The van der Waals surface area contributed by atoms with Crippen LogP contribution in [0.3, 0.4) is 0 Å². The maximum atomic E-state index is 13.5. The zero-order chi connectivity index (χ0) is 29.9. The molecule has 0 saturated carbocycles. The van der Waals surface area contributed by atoms with E-state index in [4.69, 9.17) is 9.47 Å². The van der Waals surface area contributed by atoms with Crippen LogP contribution < -0.4 is 20.7 Å². The molecule has 12 heteroatoms. The van der Waals surface area contributed by atoms with Gasteiger partial charge in [0.2, 0.25) is 17.7 Å². The molecule has 0 unspecified atom stereocenters.